The average molecular weight is 379 g/mol. The lowest BCUT2D eigenvalue weighted by molar-refractivity contribution is 0.128. The number of carbonyl (C=O) groups is 1. The van der Waals surface area contributed by atoms with E-state index in [1.807, 2.05) is 13.8 Å². The van der Waals surface area contributed by atoms with Gasteiger partial charge in [0, 0.05) is 6.54 Å². The summed E-state index contributed by atoms with van der Waals surface area (Å²) in [5.74, 6) is 0.476. The van der Waals surface area contributed by atoms with Crippen molar-refractivity contribution in [3.63, 3.8) is 0 Å². The van der Waals surface area contributed by atoms with Crippen LogP contribution in [0.4, 0.5) is 10.5 Å². The second kappa shape index (κ2) is 9.31. The second-order valence-corrected chi connectivity index (χ2v) is 6.04. The smallest absolute Gasteiger partial charge is 0.322 e. The summed E-state index contributed by atoms with van der Waals surface area (Å²) in [6, 6.07) is 11.1. The fraction of sp³-hybridized carbons (Fsp3) is 0.316. The number of phenolic OH excluding ortho intramolecular Hbond substituents is 1. The molecule has 0 saturated carbocycles. The average Bonchev–Trinajstić information content (AvgIpc) is 2.62. The molecule has 0 fully saturated rings. The number of phenols is 1. The summed E-state index contributed by atoms with van der Waals surface area (Å²) in [7, 11) is 0. The van der Waals surface area contributed by atoms with Gasteiger partial charge >= 0.3 is 6.03 Å². The number of amides is 2. The minimum atomic E-state index is -0.918. The molecule has 3 N–H and O–H groups in total. The monoisotopic (exact) mass is 378 g/mol. The van der Waals surface area contributed by atoms with Gasteiger partial charge in [0.1, 0.15) is 5.75 Å². The first-order chi connectivity index (χ1) is 12.5. The van der Waals surface area contributed by atoms with Crippen LogP contribution in [0, 0.1) is 0 Å². The van der Waals surface area contributed by atoms with Crippen molar-refractivity contribution in [2.75, 3.05) is 25.0 Å². The van der Waals surface area contributed by atoms with Crippen LogP contribution in [0.15, 0.2) is 42.5 Å². The molecule has 0 unspecified atom stereocenters. The highest BCUT2D eigenvalue weighted by Crippen LogP contribution is 2.33. The van der Waals surface area contributed by atoms with Gasteiger partial charge in [-0.1, -0.05) is 29.8 Å². The molecule has 2 aromatic rings. The minimum absolute atomic E-state index is 0.0642. The molecule has 140 valence electrons. The Hall–Kier alpha value is -2.44. The summed E-state index contributed by atoms with van der Waals surface area (Å²) in [5.41, 5.74) is 1.00. The number of likely N-dealkylation sites (N-methyl/N-ethyl adjacent to an activating group) is 1. The van der Waals surface area contributed by atoms with Gasteiger partial charge in [-0.2, -0.15) is 0 Å². The lowest BCUT2D eigenvalue weighted by Crippen LogP contribution is -2.37. The predicted octanol–water partition coefficient (Wildman–Crippen LogP) is 4.03. The Morgan fingerprint density at radius 3 is 2.65 bits per heavy atom. The fourth-order valence-corrected chi connectivity index (χ4v) is 2.72. The van der Waals surface area contributed by atoms with Crippen LogP contribution in [0.2, 0.25) is 5.02 Å². The third-order valence-corrected chi connectivity index (χ3v) is 4.11. The highest BCUT2D eigenvalue weighted by molar-refractivity contribution is 6.32. The number of halogens is 1. The van der Waals surface area contributed by atoms with Crippen molar-refractivity contribution in [3.05, 3.63) is 53.1 Å². The molecule has 2 amide bonds. The summed E-state index contributed by atoms with van der Waals surface area (Å²) in [5, 5.41) is 23.1. The molecule has 2 rings (SSSR count). The normalized spacial score (nSPS) is 11.7. The van der Waals surface area contributed by atoms with Gasteiger partial charge in [0.15, 0.2) is 5.75 Å². The first-order valence-corrected chi connectivity index (χ1v) is 8.78. The minimum Gasteiger partial charge on any atom is -0.508 e. The zero-order valence-corrected chi connectivity index (χ0v) is 15.5. The van der Waals surface area contributed by atoms with Crippen molar-refractivity contribution in [2.45, 2.75) is 20.0 Å². The molecule has 0 aliphatic carbocycles. The van der Waals surface area contributed by atoms with Crippen LogP contribution in [-0.2, 0) is 0 Å². The van der Waals surface area contributed by atoms with Crippen molar-refractivity contribution >= 4 is 23.3 Å². The Bertz CT molecular complexity index is 754. The molecule has 0 aromatic heterocycles. The summed E-state index contributed by atoms with van der Waals surface area (Å²) >= 11 is 6.13. The molecule has 7 heteroatoms. The highest BCUT2D eigenvalue weighted by Gasteiger charge is 2.19. The Kier molecular flexibility index (Phi) is 7.12. The van der Waals surface area contributed by atoms with E-state index in [-0.39, 0.29) is 18.3 Å². The molecule has 0 spiro atoms. The van der Waals surface area contributed by atoms with E-state index < -0.39 is 6.10 Å². The Morgan fingerprint density at radius 2 is 2.00 bits per heavy atom. The molecular formula is C19H23ClN2O4. The standard InChI is InChI=1S/C19H23ClN2O4/c1-3-22(12-17(24)13-7-5-8-14(23)11-13)19(25)21-16-10-6-9-15(20)18(16)26-4-2/h5-11,17,23-24H,3-4,12H2,1-2H3,(H,21,25)/t17-/m1/s1. The molecule has 0 saturated heterocycles. The van der Waals surface area contributed by atoms with Gasteiger partial charge < -0.3 is 25.2 Å². The van der Waals surface area contributed by atoms with Crippen molar-refractivity contribution in [3.8, 4) is 11.5 Å². The quantitative estimate of drug-likeness (QED) is 0.679. The third kappa shape index (κ3) is 5.03. The number of hydrogen-bond donors (Lipinski definition) is 3. The third-order valence-electron chi connectivity index (χ3n) is 3.81. The fourth-order valence-electron chi connectivity index (χ4n) is 2.49. The van der Waals surface area contributed by atoms with Crippen LogP contribution in [0.1, 0.15) is 25.5 Å². The first-order valence-electron chi connectivity index (χ1n) is 8.40. The molecule has 0 aliphatic heterocycles. The largest absolute Gasteiger partial charge is 0.508 e. The topological polar surface area (TPSA) is 82.0 Å². The maximum Gasteiger partial charge on any atom is 0.322 e. The van der Waals surface area contributed by atoms with Crippen LogP contribution >= 0.6 is 11.6 Å². The van der Waals surface area contributed by atoms with Crippen LogP contribution < -0.4 is 10.1 Å². The van der Waals surface area contributed by atoms with Crippen LogP contribution in [0.3, 0.4) is 0 Å². The van der Waals surface area contributed by atoms with Crippen molar-refractivity contribution < 1.29 is 19.7 Å². The molecule has 0 heterocycles. The zero-order chi connectivity index (χ0) is 19.1. The number of anilines is 1. The lowest BCUT2D eigenvalue weighted by atomic mass is 10.1. The molecule has 6 nitrogen and oxygen atoms in total. The van der Waals surface area contributed by atoms with E-state index in [1.54, 1.807) is 30.3 Å². The maximum atomic E-state index is 12.6. The van der Waals surface area contributed by atoms with E-state index in [2.05, 4.69) is 5.32 Å². The number of nitrogens with zero attached hydrogens (tertiary/aromatic N) is 1. The van der Waals surface area contributed by atoms with Gasteiger partial charge in [0.25, 0.3) is 0 Å². The number of rotatable bonds is 7. The van der Waals surface area contributed by atoms with Crippen molar-refractivity contribution in [1.82, 2.24) is 4.90 Å². The number of aromatic hydroxyl groups is 1. The van der Waals surface area contributed by atoms with E-state index >= 15 is 0 Å². The van der Waals surface area contributed by atoms with Gasteiger partial charge in [-0.3, -0.25) is 0 Å². The summed E-state index contributed by atoms with van der Waals surface area (Å²) in [4.78, 5) is 14.1. The number of nitrogens with one attached hydrogen (secondary N) is 1. The van der Waals surface area contributed by atoms with Crippen LogP contribution in [-0.4, -0.2) is 40.8 Å². The summed E-state index contributed by atoms with van der Waals surface area (Å²) < 4.78 is 5.50. The number of aliphatic hydroxyl groups is 1. The zero-order valence-electron chi connectivity index (χ0n) is 14.8. The predicted molar refractivity (Wildman–Crippen MR) is 102 cm³/mol. The molecule has 1 atom stereocenters. The number of ether oxygens (including phenoxy) is 1. The van der Waals surface area contributed by atoms with E-state index in [1.165, 1.54) is 17.0 Å². The summed E-state index contributed by atoms with van der Waals surface area (Å²) in [6.45, 7) is 4.54. The Balaban J connectivity index is 2.10. The molecule has 0 bridgehead atoms. The number of para-hydroxylation sites is 1. The molecule has 0 radical (unpaired) electrons. The SMILES string of the molecule is CCOc1c(Cl)cccc1NC(=O)N(CC)C[C@@H](O)c1cccc(O)c1. The van der Waals surface area contributed by atoms with E-state index in [4.69, 9.17) is 16.3 Å². The number of benzene rings is 2. The van der Waals surface area contributed by atoms with E-state index in [9.17, 15) is 15.0 Å². The van der Waals surface area contributed by atoms with Crippen molar-refractivity contribution in [2.24, 2.45) is 0 Å². The Morgan fingerprint density at radius 1 is 1.27 bits per heavy atom. The van der Waals surface area contributed by atoms with Crippen molar-refractivity contribution in [1.29, 1.82) is 0 Å². The number of aliphatic hydroxyl groups excluding tert-OH is 1. The number of urea groups is 1. The molecule has 2 aromatic carbocycles. The molecule has 0 aliphatic rings. The van der Waals surface area contributed by atoms with Gasteiger partial charge in [0.2, 0.25) is 0 Å². The highest BCUT2D eigenvalue weighted by atomic mass is 35.5. The maximum absolute atomic E-state index is 12.6. The van der Waals surface area contributed by atoms with Crippen LogP contribution in [0.25, 0.3) is 0 Å². The van der Waals surface area contributed by atoms with Gasteiger partial charge in [-0.15, -0.1) is 0 Å². The lowest BCUT2D eigenvalue weighted by Gasteiger charge is -2.25. The van der Waals surface area contributed by atoms with Gasteiger partial charge in [0.05, 0.1) is 30.0 Å². The first kappa shape index (κ1) is 19.9. The van der Waals surface area contributed by atoms with E-state index in [0.717, 1.165) is 0 Å². The van der Waals surface area contributed by atoms with E-state index in [0.29, 0.717) is 35.2 Å². The summed E-state index contributed by atoms with van der Waals surface area (Å²) in [6.07, 6.45) is -0.918. The molecular weight excluding hydrogens is 356 g/mol. The van der Waals surface area contributed by atoms with Gasteiger partial charge in [-0.05, 0) is 43.7 Å². The Labute approximate surface area is 158 Å². The second-order valence-electron chi connectivity index (χ2n) is 5.63. The molecule has 26 heavy (non-hydrogen) atoms. The van der Waals surface area contributed by atoms with Gasteiger partial charge in [-0.25, -0.2) is 4.79 Å². The number of carbonyl (C=O) groups excluding carboxylic acids is 1. The number of hydrogen-bond acceptors (Lipinski definition) is 4. The van der Waals surface area contributed by atoms with Crippen LogP contribution in [0.5, 0.6) is 11.5 Å².